The molecule has 0 saturated carbocycles. The van der Waals surface area contributed by atoms with Crippen LogP contribution in [0.5, 0.6) is 0 Å². The first-order valence-corrected chi connectivity index (χ1v) is 9.61. The zero-order chi connectivity index (χ0) is 16.7. The summed E-state index contributed by atoms with van der Waals surface area (Å²) in [6, 6.07) is 15.2. The molecule has 0 bridgehead atoms. The van der Waals surface area contributed by atoms with Crippen LogP contribution in [0, 0.1) is 0 Å². The number of nitrogens with zero attached hydrogens (tertiary/aromatic N) is 2. The normalized spacial score (nSPS) is 22.6. The van der Waals surface area contributed by atoms with Gasteiger partial charge in [-0.1, -0.05) is 35.3 Å². The summed E-state index contributed by atoms with van der Waals surface area (Å²) >= 11 is 13.8. The summed E-state index contributed by atoms with van der Waals surface area (Å²) in [7, 11) is 0. The van der Waals surface area contributed by atoms with Crippen LogP contribution in [0.4, 0.5) is 5.69 Å². The zero-order valence-electron chi connectivity index (χ0n) is 13.3. The first kappa shape index (κ1) is 19.1. The van der Waals surface area contributed by atoms with Crippen molar-refractivity contribution < 1.29 is 26.7 Å². The molecule has 0 spiro atoms. The van der Waals surface area contributed by atoms with Crippen LogP contribution < -0.4 is 21.9 Å². The summed E-state index contributed by atoms with van der Waals surface area (Å²) in [5.74, 6) is 1.06. The maximum Gasteiger partial charge on any atom is 0.316 e. The number of hydrogen-bond acceptors (Lipinski definition) is 3. The molecule has 4 rings (SSSR count). The third-order valence-electron chi connectivity index (χ3n) is 4.49. The van der Waals surface area contributed by atoms with Crippen LogP contribution in [0.3, 0.4) is 0 Å². The molecule has 0 aromatic heterocycles. The van der Waals surface area contributed by atoms with Crippen molar-refractivity contribution in [3.05, 3.63) is 64.1 Å². The number of hydrogen-bond donors (Lipinski definition) is 1. The van der Waals surface area contributed by atoms with E-state index < -0.39 is 5.72 Å². The number of benzene rings is 2. The predicted molar refractivity (Wildman–Crippen MR) is 101 cm³/mol. The van der Waals surface area contributed by atoms with Gasteiger partial charge < -0.3 is 22.1 Å². The molecule has 3 nitrogen and oxygen atoms in total. The van der Waals surface area contributed by atoms with Crippen molar-refractivity contribution in [3.63, 3.8) is 0 Å². The van der Waals surface area contributed by atoms with Gasteiger partial charge in [-0.15, -0.1) is 0 Å². The maximum atomic E-state index is 11.5. The molecule has 2 aromatic rings. The van der Waals surface area contributed by atoms with Crippen LogP contribution in [-0.4, -0.2) is 33.7 Å². The van der Waals surface area contributed by atoms with E-state index in [9.17, 15) is 5.11 Å². The van der Waals surface area contributed by atoms with Crippen molar-refractivity contribution in [2.45, 2.75) is 12.1 Å². The third kappa shape index (κ3) is 3.45. The van der Waals surface area contributed by atoms with E-state index in [0.717, 1.165) is 35.1 Å². The molecule has 0 saturated heterocycles. The van der Waals surface area contributed by atoms with E-state index >= 15 is 0 Å². The summed E-state index contributed by atoms with van der Waals surface area (Å²) in [5.41, 5.74) is 0.856. The largest absolute Gasteiger partial charge is 1.00 e. The Hall–Kier alpha value is -0.720. The molecule has 1 N–H and O–H groups in total. The number of rotatable bonds is 2. The first-order valence-electron chi connectivity index (χ1n) is 7.87. The smallest absolute Gasteiger partial charge is 0.316 e. The molecule has 132 valence electrons. The molecule has 7 heteroatoms. The highest BCUT2D eigenvalue weighted by Crippen LogP contribution is 2.38. The van der Waals surface area contributed by atoms with Crippen LogP contribution in [0.25, 0.3) is 0 Å². The number of aliphatic hydroxyl groups is 1. The number of β-amino-alcohol motifs (C(OH)–C–C–N with tert-alkyl or cyclic N) is 1. The molecule has 1 unspecified atom stereocenters. The molecule has 0 aliphatic carbocycles. The zero-order valence-corrected chi connectivity index (χ0v) is 17.2. The van der Waals surface area contributed by atoms with Crippen molar-refractivity contribution >= 4 is 45.8 Å². The fraction of sp³-hybridized carbons (Fsp3) is 0.278. The van der Waals surface area contributed by atoms with Gasteiger partial charge in [-0.05, 0) is 54.6 Å². The minimum atomic E-state index is -1.05. The van der Waals surface area contributed by atoms with Gasteiger partial charge in [-0.2, -0.15) is 0 Å². The van der Waals surface area contributed by atoms with Gasteiger partial charge >= 0.3 is 5.17 Å². The fourth-order valence-corrected chi connectivity index (χ4v) is 4.72. The monoisotopic (exact) mass is 458 g/mol. The Labute approximate surface area is 172 Å². The minimum Gasteiger partial charge on any atom is -1.00 e. The van der Waals surface area contributed by atoms with E-state index in [0.29, 0.717) is 16.6 Å². The van der Waals surface area contributed by atoms with Gasteiger partial charge in [0.2, 0.25) is 0 Å². The molecular formula is C18H17BrCl2N2OS. The summed E-state index contributed by atoms with van der Waals surface area (Å²) in [5, 5.41) is 14.0. The topological polar surface area (TPSA) is 26.5 Å². The second-order valence-corrected chi connectivity index (χ2v) is 7.96. The highest BCUT2D eigenvalue weighted by molar-refractivity contribution is 8.13. The Morgan fingerprint density at radius 3 is 2.24 bits per heavy atom. The Kier molecular flexibility index (Phi) is 5.71. The van der Waals surface area contributed by atoms with E-state index in [4.69, 9.17) is 23.2 Å². The maximum absolute atomic E-state index is 11.5. The molecular weight excluding hydrogens is 443 g/mol. The van der Waals surface area contributed by atoms with Gasteiger partial charge in [-0.3, -0.25) is 0 Å². The number of halogens is 3. The molecule has 2 heterocycles. The Morgan fingerprint density at radius 1 is 1.00 bits per heavy atom. The van der Waals surface area contributed by atoms with Gasteiger partial charge in [-0.25, -0.2) is 9.48 Å². The van der Waals surface area contributed by atoms with Crippen LogP contribution in [0.2, 0.25) is 10.0 Å². The van der Waals surface area contributed by atoms with Crippen molar-refractivity contribution in [2.75, 3.05) is 23.7 Å². The van der Waals surface area contributed by atoms with Crippen LogP contribution >= 0.6 is 35.0 Å². The van der Waals surface area contributed by atoms with E-state index in [1.165, 1.54) is 0 Å². The van der Waals surface area contributed by atoms with Gasteiger partial charge in [0, 0.05) is 21.4 Å². The van der Waals surface area contributed by atoms with Crippen LogP contribution in [0.1, 0.15) is 12.0 Å². The molecule has 0 fully saturated rings. The van der Waals surface area contributed by atoms with E-state index in [2.05, 4.69) is 9.48 Å². The van der Waals surface area contributed by atoms with Gasteiger partial charge in [0.15, 0.2) is 6.54 Å². The first-order chi connectivity index (χ1) is 11.6. The van der Waals surface area contributed by atoms with Crippen LogP contribution in [-0.2, 0) is 5.72 Å². The number of amidine groups is 1. The summed E-state index contributed by atoms with van der Waals surface area (Å²) < 4.78 is 2.11. The predicted octanol–water partition coefficient (Wildman–Crippen LogP) is 1.17. The molecule has 0 radical (unpaired) electrons. The lowest BCUT2D eigenvalue weighted by Gasteiger charge is -2.24. The van der Waals surface area contributed by atoms with Crippen molar-refractivity contribution in [2.24, 2.45) is 0 Å². The lowest BCUT2D eigenvalue weighted by atomic mass is 10.0. The lowest BCUT2D eigenvalue weighted by Crippen LogP contribution is -3.00. The average molecular weight is 460 g/mol. The number of anilines is 1. The van der Waals surface area contributed by atoms with E-state index in [1.54, 1.807) is 11.8 Å². The fourth-order valence-electron chi connectivity index (χ4n) is 3.29. The molecule has 0 amide bonds. The molecule has 1 atom stereocenters. The molecule has 2 aliphatic heterocycles. The quantitative estimate of drug-likeness (QED) is 0.683. The standard InChI is InChI=1S/C18H17Cl2N2OS.BrH/c19-14-4-2-13(3-5-14)18(23)12-21(16-8-6-15(20)7-9-16)17-22(18)10-1-11-24-17;/h2-9,23H,1,10-12H2;1H/q+1;/p-1. The van der Waals surface area contributed by atoms with E-state index in [1.807, 2.05) is 48.5 Å². The van der Waals surface area contributed by atoms with Crippen LogP contribution in [0.15, 0.2) is 48.5 Å². The SMILES string of the molecule is OC1(c2ccc(Cl)cc2)CN(c2ccc(Cl)cc2)C2=[N+]1CCCS2.[Br-]. The van der Waals surface area contributed by atoms with Gasteiger partial charge in [0.25, 0.3) is 5.72 Å². The lowest BCUT2D eigenvalue weighted by molar-refractivity contribution is -0.656. The Morgan fingerprint density at radius 2 is 1.60 bits per heavy atom. The van der Waals surface area contributed by atoms with Crippen molar-refractivity contribution in [1.29, 1.82) is 0 Å². The summed E-state index contributed by atoms with van der Waals surface area (Å²) in [6.07, 6.45) is 1.05. The second kappa shape index (κ2) is 7.49. The Bertz CT molecular complexity index is 798. The highest BCUT2D eigenvalue weighted by atomic mass is 79.9. The summed E-state index contributed by atoms with van der Waals surface area (Å²) in [6.45, 7) is 1.32. The van der Waals surface area contributed by atoms with Gasteiger partial charge in [0.1, 0.15) is 5.69 Å². The number of thioether (sulfide) groups is 1. The van der Waals surface area contributed by atoms with Crippen molar-refractivity contribution in [3.8, 4) is 0 Å². The van der Waals surface area contributed by atoms with Crippen molar-refractivity contribution in [1.82, 2.24) is 0 Å². The third-order valence-corrected chi connectivity index (χ3v) is 6.18. The molecule has 2 aliphatic rings. The average Bonchev–Trinajstić information content (AvgIpc) is 2.91. The Balaban J connectivity index is 0.00000182. The summed E-state index contributed by atoms with van der Waals surface area (Å²) in [4.78, 5) is 2.18. The van der Waals surface area contributed by atoms with Gasteiger partial charge in [0.05, 0.1) is 6.54 Å². The van der Waals surface area contributed by atoms with E-state index in [-0.39, 0.29) is 17.0 Å². The minimum absolute atomic E-state index is 0. The highest BCUT2D eigenvalue weighted by Gasteiger charge is 2.53. The second-order valence-electron chi connectivity index (χ2n) is 6.02. The molecule has 25 heavy (non-hydrogen) atoms. The molecule has 2 aromatic carbocycles.